The fourth-order valence-corrected chi connectivity index (χ4v) is 3.27. The number of phenolic OH excluding ortho intramolecular Hbond substituents is 1. The highest BCUT2D eigenvalue weighted by molar-refractivity contribution is 9.11. The van der Waals surface area contributed by atoms with E-state index in [0.29, 0.717) is 26.0 Å². The van der Waals surface area contributed by atoms with Gasteiger partial charge in [-0.25, -0.2) is 5.43 Å². The van der Waals surface area contributed by atoms with Crippen LogP contribution in [0.2, 0.25) is 0 Å². The fraction of sp³-hybridized carbons (Fsp3) is 0.125. The van der Waals surface area contributed by atoms with Crippen molar-refractivity contribution >= 4 is 44.0 Å². The summed E-state index contributed by atoms with van der Waals surface area (Å²) in [6.45, 7) is 0.120. The molecule has 0 saturated carbocycles. The summed E-state index contributed by atoms with van der Waals surface area (Å²) in [5.41, 5.74) is 3.11. The molecular weight excluding hydrogens is 444 g/mol. The number of ether oxygens (including phenoxy) is 2. The number of hydrazone groups is 1. The zero-order chi connectivity index (χ0) is 17.1. The van der Waals surface area contributed by atoms with Crippen LogP contribution in [0.3, 0.4) is 0 Å². The lowest BCUT2D eigenvalue weighted by molar-refractivity contribution is -0.130. The number of carbonyl (C=O) groups is 1. The first kappa shape index (κ1) is 16.8. The van der Waals surface area contributed by atoms with Crippen LogP contribution in [-0.4, -0.2) is 29.9 Å². The largest absolute Gasteiger partial charge is 0.506 e. The highest BCUT2D eigenvalue weighted by Crippen LogP contribution is 2.33. The van der Waals surface area contributed by atoms with E-state index in [0.717, 1.165) is 0 Å². The molecular formula is C16H12Br2N2O4. The van der Waals surface area contributed by atoms with Gasteiger partial charge in [-0.05, 0) is 61.7 Å². The Morgan fingerprint density at radius 2 is 1.92 bits per heavy atom. The van der Waals surface area contributed by atoms with Crippen molar-refractivity contribution in [1.82, 2.24) is 5.43 Å². The smallest absolute Gasteiger partial charge is 0.284 e. The number of phenols is 1. The Hall–Kier alpha value is -2.06. The van der Waals surface area contributed by atoms with Crippen LogP contribution in [0.1, 0.15) is 5.56 Å². The lowest BCUT2D eigenvalue weighted by Gasteiger charge is -2.24. The minimum Gasteiger partial charge on any atom is -0.506 e. The molecule has 0 bridgehead atoms. The Bertz CT molecular complexity index is 787. The number of carbonyl (C=O) groups excluding carboxylic acids is 1. The second kappa shape index (κ2) is 7.23. The van der Waals surface area contributed by atoms with E-state index in [1.54, 1.807) is 30.3 Å². The number of rotatable bonds is 3. The van der Waals surface area contributed by atoms with Crippen LogP contribution in [0.4, 0.5) is 0 Å². The maximum absolute atomic E-state index is 12.1. The van der Waals surface area contributed by atoms with Crippen molar-refractivity contribution in [2.75, 3.05) is 6.61 Å². The van der Waals surface area contributed by atoms with E-state index >= 15 is 0 Å². The highest BCUT2D eigenvalue weighted by Gasteiger charge is 2.26. The van der Waals surface area contributed by atoms with Gasteiger partial charge in [0.1, 0.15) is 12.4 Å². The number of aromatic hydroxyl groups is 1. The van der Waals surface area contributed by atoms with E-state index in [-0.39, 0.29) is 12.4 Å². The summed E-state index contributed by atoms with van der Waals surface area (Å²) in [7, 11) is 0. The molecule has 3 rings (SSSR count). The standard InChI is InChI=1S/C16H12Br2N2O4/c17-10-5-9(6-11(18)15(10)21)7-19-20-16(22)14-8-23-12-3-1-2-4-13(12)24-14/h1-7,14,21H,8H2,(H,20,22)/b19-7-. The molecule has 1 aliphatic rings. The molecule has 124 valence electrons. The Kier molecular flexibility index (Phi) is 5.06. The summed E-state index contributed by atoms with van der Waals surface area (Å²) in [6, 6.07) is 10.5. The number of hydrogen-bond acceptors (Lipinski definition) is 5. The van der Waals surface area contributed by atoms with E-state index in [9.17, 15) is 9.90 Å². The number of amides is 1. The van der Waals surface area contributed by atoms with Crippen LogP contribution in [0.15, 0.2) is 50.4 Å². The van der Waals surface area contributed by atoms with Gasteiger partial charge < -0.3 is 14.6 Å². The van der Waals surface area contributed by atoms with Crippen molar-refractivity contribution < 1.29 is 19.4 Å². The third kappa shape index (κ3) is 3.70. The molecule has 6 nitrogen and oxygen atoms in total. The molecule has 24 heavy (non-hydrogen) atoms. The molecule has 1 unspecified atom stereocenters. The van der Waals surface area contributed by atoms with Gasteiger partial charge >= 0.3 is 0 Å². The summed E-state index contributed by atoms with van der Waals surface area (Å²) in [6.07, 6.45) is 0.695. The molecule has 0 aliphatic carbocycles. The lowest BCUT2D eigenvalue weighted by atomic mass is 10.2. The molecule has 0 aromatic heterocycles. The predicted octanol–water partition coefficient (Wildman–Crippen LogP) is 3.21. The van der Waals surface area contributed by atoms with E-state index in [1.807, 2.05) is 6.07 Å². The van der Waals surface area contributed by atoms with Crippen LogP contribution < -0.4 is 14.9 Å². The van der Waals surface area contributed by atoms with Crippen LogP contribution in [-0.2, 0) is 4.79 Å². The zero-order valence-corrected chi connectivity index (χ0v) is 15.4. The SMILES string of the molecule is O=C(N/N=C\c1cc(Br)c(O)c(Br)c1)C1COc2ccccc2O1. The normalized spacial score (nSPS) is 16.2. The Labute approximate surface area is 154 Å². The van der Waals surface area contributed by atoms with Crippen LogP contribution >= 0.6 is 31.9 Å². The summed E-state index contributed by atoms with van der Waals surface area (Å²) in [5.74, 6) is 0.836. The average molecular weight is 456 g/mol. The summed E-state index contributed by atoms with van der Waals surface area (Å²) in [5, 5.41) is 13.6. The number of fused-ring (bicyclic) bond motifs is 1. The number of benzene rings is 2. The van der Waals surface area contributed by atoms with Crippen LogP contribution in [0.25, 0.3) is 0 Å². The number of nitrogens with zero attached hydrogens (tertiary/aromatic N) is 1. The maximum Gasteiger partial charge on any atom is 0.284 e. The van der Waals surface area contributed by atoms with E-state index in [1.165, 1.54) is 6.21 Å². The lowest BCUT2D eigenvalue weighted by Crippen LogP contribution is -2.42. The van der Waals surface area contributed by atoms with Gasteiger partial charge in [0, 0.05) is 0 Å². The van der Waals surface area contributed by atoms with E-state index in [4.69, 9.17) is 9.47 Å². The first-order chi connectivity index (χ1) is 11.5. The molecule has 8 heteroatoms. The Balaban J connectivity index is 1.62. The summed E-state index contributed by atoms with van der Waals surface area (Å²) >= 11 is 6.46. The first-order valence-corrected chi connectivity index (χ1v) is 8.52. The fourth-order valence-electron chi connectivity index (χ4n) is 2.05. The predicted molar refractivity (Wildman–Crippen MR) is 95.6 cm³/mol. The first-order valence-electron chi connectivity index (χ1n) is 6.94. The van der Waals surface area contributed by atoms with Gasteiger partial charge in [0.2, 0.25) is 6.10 Å². The van der Waals surface area contributed by atoms with Crippen molar-refractivity contribution in [2.45, 2.75) is 6.10 Å². The van der Waals surface area contributed by atoms with Gasteiger partial charge in [0.25, 0.3) is 5.91 Å². The summed E-state index contributed by atoms with van der Waals surface area (Å²) in [4.78, 5) is 12.1. The number of nitrogens with one attached hydrogen (secondary N) is 1. The second-order valence-corrected chi connectivity index (χ2v) is 6.64. The van der Waals surface area contributed by atoms with Gasteiger partial charge in [0.15, 0.2) is 11.5 Å². The van der Waals surface area contributed by atoms with Crippen LogP contribution in [0.5, 0.6) is 17.2 Å². The number of halogens is 2. The van der Waals surface area contributed by atoms with E-state index in [2.05, 4.69) is 42.4 Å². The molecule has 0 spiro atoms. The molecule has 1 amide bonds. The van der Waals surface area contributed by atoms with Crippen molar-refractivity contribution in [3.63, 3.8) is 0 Å². The topological polar surface area (TPSA) is 80.2 Å². The monoisotopic (exact) mass is 454 g/mol. The van der Waals surface area contributed by atoms with Gasteiger partial charge in [-0.1, -0.05) is 12.1 Å². The summed E-state index contributed by atoms with van der Waals surface area (Å²) < 4.78 is 12.1. The van der Waals surface area contributed by atoms with Gasteiger partial charge in [0.05, 0.1) is 15.2 Å². The molecule has 2 aromatic rings. The van der Waals surface area contributed by atoms with E-state index < -0.39 is 12.0 Å². The molecule has 2 aromatic carbocycles. The third-order valence-electron chi connectivity index (χ3n) is 3.23. The molecule has 1 heterocycles. The molecule has 0 radical (unpaired) electrons. The molecule has 2 N–H and O–H groups in total. The molecule has 1 atom stereocenters. The maximum atomic E-state index is 12.1. The highest BCUT2D eigenvalue weighted by atomic mass is 79.9. The number of para-hydroxylation sites is 2. The molecule has 0 saturated heterocycles. The van der Waals surface area contributed by atoms with Crippen molar-refractivity contribution in [2.24, 2.45) is 5.10 Å². The molecule has 0 fully saturated rings. The van der Waals surface area contributed by atoms with Gasteiger partial charge in [-0.15, -0.1) is 0 Å². The minimum absolute atomic E-state index is 0.0996. The number of hydrogen-bond donors (Lipinski definition) is 2. The second-order valence-electron chi connectivity index (χ2n) is 4.93. The van der Waals surface area contributed by atoms with Gasteiger partial charge in [-0.3, -0.25) is 4.79 Å². The third-order valence-corrected chi connectivity index (χ3v) is 4.44. The molecule has 1 aliphatic heterocycles. The quantitative estimate of drug-likeness (QED) is 0.550. The Morgan fingerprint density at radius 1 is 1.25 bits per heavy atom. The van der Waals surface area contributed by atoms with Gasteiger partial charge in [-0.2, -0.15) is 5.10 Å². The van der Waals surface area contributed by atoms with Crippen LogP contribution in [0, 0.1) is 0 Å². The average Bonchev–Trinajstić information content (AvgIpc) is 2.59. The minimum atomic E-state index is -0.768. The van der Waals surface area contributed by atoms with Crippen molar-refractivity contribution in [3.05, 3.63) is 50.9 Å². The Morgan fingerprint density at radius 3 is 2.62 bits per heavy atom. The van der Waals surface area contributed by atoms with Crippen molar-refractivity contribution in [3.8, 4) is 17.2 Å². The zero-order valence-electron chi connectivity index (χ0n) is 12.2. The van der Waals surface area contributed by atoms with Crippen molar-refractivity contribution in [1.29, 1.82) is 0 Å².